The van der Waals surface area contributed by atoms with Crippen molar-refractivity contribution in [2.24, 2.45) is 15.7 Å². The molecule has 0 radical (unpaired) electrons. The van der Waals surface area contributed by atoms with Crippen LogP contribution in [-0.4, -0.2) is 34.5 Å². The minimum Gasteiger partial charge on any atom is -0.366 e. The van der Waals surface area contributed by atoms with Gasteiger partial charge in [0.25, 0.3) is 0 Å². The van der Waals surface area contributed by atoms with E-state index in [1.807, 2.05) is 0 Å². The van der Waals surface area contributed by atoms with Crippen molar-refractivity contribution >= 4 is 23.0 Å². The molecule has 0 aliphatic rings. The highest BCUT2D eigenvalue weighted by Crippen LogP contribution is 2.36. The molecule has 0 bridgehead atoms. The van der Waals surface area contributed by atoms with Gasteiger partial charge in [0.2, 0.25) is 5.91 Å². The Labute approximate surface area is 177 Å². The van der Waals surface area contributed by atoms with E-state index in [9.17, 15) is 31.1 Å². The Kier molecular flexibility index (Phi) is 7.28. The average Bonchev–Trinajstić information content (AvgIpc) is 2.73. The number of aromatic nitrogens is 2. The van der Waals surface area contributed by atoms with Crippen molar-refractivity contribution in [1.82, 2.24) is 9.97 Å². The van der Waals surface area contributed by atoms with Crippen molar-refractivity contribution in [3.05, 3.63) is 77.9 Å². The zero-order valence-electron chi connectivity index (χ0n) is 16.4. The molecule has 2 N–H and O–H groups in total. The van der Waals surface area contributed by atoms with Crippen LogP contribution in [0.2, 0.25) is 0 Å². The van der Waals surface area contributed by atoms with Crippen LogP contribution >= 0.6 is 0 Å². The highest BCUT2D eigenvalue weighted by atomic mass is 19.4. The number of carbonyl (C=O) groups is 1. The number of rotatable bonds is 5. The fourth-order valence-corrected chi connectivity index (χ4v) is 2.47. The monoisotopic (exact) mass is 455 g/mol. The summed E-state index contributed by atoms with van der Waals surface area (Å²) in [6, 6.07) is 1.01. The van der Waals surface area contributed by atoms with E-state index >= 15 is 0 Å². The van der Waals surface area contributed by atoms with Gasteiger partial charge in [0, 0.05) is 30.6 Å². The van der Waals surface area contributed by atoms with E-state index in [0.29, 0.717) is 12.1 Å². The number of aliphatic imine (C=N–C) groups is 2. The largest absolute Gasteiger partial charge is 0.416 e. The molecule has 0 unspecified atom stereocenters. The maximum Gasteiger partial charge on any atom is 0.416 e. The lowest BCUT2D eigenvalue weighted by Crippen LogP contribution is -2.15. The lowest BCUT2D eigenvalue weighted by atomic mass is 10.0. The second-order valence-corrected chi connectivity index (χ2v) is 6.13. The molecule has 0 spiro atoms. The third kappa shape index (κ3) is 6.09. The number of nitrogens with two attached hydrogens (primary N) is 1. The minimum atomic E-state index is -5.03. The fourth-order valence-electron chi connectivity index (χ4n) is 2.47. The van der Waals surface area contributed by atoms with Crippen LogP contribution in [0.4, 0.5) is 26.3 Å². The molecule has 2 aromatic rings. The van der Waals surface area contributed by atoms with Crippen LogP contribution in [0.1, 0.15) is 22.3 Å². The Balaban J connectivity index is 2.65. The maximum atomic E-state index is 13.2. The second kappa shape index (κ2) is 9.54. The summed E-state index contributed by atoms with van der Waals surface area (Å²) in [5.74, 6) is -1.13. The van der Waals surface area contributed by atoms with Gasteiger partial charge in [-0.15, -0.1) is 0 Å². The molecule has 0 aliphatic carbocycles. The molecular weight excluding hydrogens is 440 g/mol. The van der Waals surface area contributed by atoms with Gasteiger partial charge in [0.1, 0.15) is 12.2 Å². The third-order valence-electron chi connectivity index (χ3n) is 3.95. The van der Waals surface area contributed by atoms with Gasteiger partial charge in [-0.3, -0.25) is 9.79 Å². The van der Waals surface area contributed by atoms with Crippen LogP contribution in [0.3, 0.4) is 0 Å². The lowest BCUT2D eigenvalue weighted by molar-refractivity contribution is -0.143. The number of allylic oxidation sites excluding steroid dienone is 1. The van der Waals surface area contributed by atoms with Gasteiger partial charge in [-0.1, -0.05) is 6.58 Å². The van der Waals surface area contributed by atoms with Crippen LogP contribution in [0.25, 0.3) is 5.57 Å². The van der Waals surface area contributed by atoms with E-state index in [1.165, 1.54) is 25.8 Å². The first-order valence-corrected chi connectivity index (χ1v) is 8.61. The molecule has 0 aliphatic heterocycles. The van der Waals surface area contributed by atoms with E-state index in [0.717, 1.165) is 12.2 Å². The standard InChI is InChI=1S/C20H15F6N5O/c1-3-16(11-4-13(19(21,22)23)6-14(5-11)20(24,25)26)31-17(28-2)7-15(18(27)32)12-8-29-10-30-9-12/h3-10H,1H2,2H3,(H2,27,32)/b15-7+,28-17?,31-16?. The number of halogens is 6. The van der Waals surface area contributed by atoms with Gasteiger partial charge >= 0.3 is 12.4 Å². The molecule has 6 nitrogen and oxygen atoms in total. The van der Waals surface area contributed by atoms with Gasteiger partial charge in [0.15, 0.2) is 0 Å². The quantitative estimate of drug-likeness (QED) is 0.319. The molecule has 1 amide bonds. The smallest absolute Gasteiger partial charge is 0.366 e. The molecule has 168 valence electrons. The Bertz CT molecular complexity index is 1070. The molecule has 0 saturated carbocycles. The normalized spacial score (nSPS) is 13.8. The molecule has 0 atom stereocenters. The predicted molar refractivity (Wildman–Crippen MR) is 106 cm³/mol. The fraction of sp³-hybridized carbons (Fsp3) is 0.150. The lowest BCUT2D eigenvalue weighted by Gasteiger charge is -2.14. The Morgan fingerprint density at radius 2 is 1.53 bits per heavy atom. The van der Waals surface area contributed by atoms with Crippen LogP contribution in [0.15, 0.2) is 65.6 Å². The molecule has 32 heavy (non-hydrogen) atoms. The number of carbonyl (C=O) groups excluding carboxylic acids is 1. The van der Waals surface area contributed by atoms with Crippen molar-refractivity contribution in [3.8, 4) is 0 Å². The van der Waals surface area contributed by atoms with E-state index < -0.39 is 35.0 Å². The summed E-state index contributed by atoms with van der Waals surface area (Å²) >= 11 is 0. The zero-order chi connectivity index (χ0) is 24.1. The van der Waals surface area contributed by atoms with Crippen molar-refractivity contribution < 1.29 is 31.1 Å². The highest BCUT2D eigenvalue weighted by Gasteiger charge is 2.37. The number of hydrogen-bond donors (Lipinski definition) is 1. The summed E-state index contributed by atoms with van der Waals surface area (Å²) in [4.78, 5) is 27.1. The van der Waals surface area contributed by atoms with Gasteiger partial charge in [-0.25, -0.2) is 15.0 Å². The molecule has 1 heterocycles. The topological polar surface area (TPSA) is 93.6 Å². The zero-order valence-corrected chi connectivity index (χ0v) is 16.4. The number of amides is 1. The summed E-state index contributed by atoms with van der Waals surface area (Å²) in [6.45, 7) is 3.40. The molecular formula is C20H15F6N5O. The number of benzene rings is 1. The highest BCUT2D eigenvalue weighted by molar-refractivity contribution is 6.25. The predicted octanol–water partition coefficient (Wildman–Crippen LogP) is 4.09. The van der Waals surface area contributed by atoms with Crippen molar-refractivity contribution in [2.45, 2.75) is 12.4 Å². The first-order valence-electron chi connectivity index (χ1n) is 8.61. The number of nitrogens with zero attached hydrogens (tertiary/aromatic N) is 4. The molecule has 0 fully saturated rings. The number of hydrogen-bond acceptors (Lipinski definition) is 4. The van der Waals surface area contributed by atoms with Crippen LogP contribution < -0.4 is 5.73 Å². The first kappa shape index (κ1) is 24.4. The van der Waals surface area contributed by atoms with Crippen molar-refractivity contribution in [2.75, 3.05) is 7.05 Å². The number of primary amides is 1. The second-order valence-electron chi connectivity index (χ2n) is 6.13. The van der Waals surface area contributed by atoms with Crippen molar-refractivity contribution in [1.29, 1.82) is 0 Å². The summed E-state index contributed by atoms with van der Waals surface area (Å²) < 4.78 is 78.9. The molecule has 1 aromatic heterocycles. The Morgan fingerprint density at radius 1 is 1.00 bits per heavy atom. The van der Waals surface area contributed by atoms with Crippen molar-refractivity contribution in [3.63, 3.8) is 0 Å². The molecule has 12 heteroatoms. The van der Waals surface area contributed by atoms with E-state index in [2.05, 4.69) is 26.5 Å². The SMILES string of the molecule is C=CC(=NC(/C=C(/C(N)=O)c1cncnc1)=NC)c1cc(C(F)(F)F)cc(C(F)(F)F)c1. The minimum absolute atomic E-state index is 0.000466. The Morgan fingerprint density at radius 3 is 1.94 bits per heavy atom. The summed E-state index contributed by atoms with van der Waals surface area (Å²) in [6.07, 6.45) is -4.24. The number of alkyl halides is 6. The van der Waals surface area contributed by atoms with Gasteiger partial charge < -0.3 is 5.73 Å². The molecule has 1 aromatic carbocycles. The van der Waals surface area contributed by atoms with Gasteiger partial charge in [-0.05, 0) is 30.4 Å². The number of amidine groups is 1. The summed E-state index contributed by atoms with van der Waals surface area (Å²) in [5, 5.41) is 0. The van der Waals surface area contributed by atoms with Gasteiger partial charge in [-0.2, -0.15) is 26.3 Å². The van der Waals surface area contributed by atoms with E-state index in [-0.39, 0.29) is 28.8 Å². The molecule has 2 rings (SSSR count). The first-order chi connectivity index (χ1) is 14.9. The third-order valence-corrected chi connectivity index (χ3v) is 3.95. The average molecular weight is 455 g/mol. The summed E-state index contributed by atoms with van der Waals surface area (Å²) in [7, 11) is 1.25. The maximum absolute atomic E-state index is 13.2. The summed E-state index contributed by atoms with van der Waals surface area (Å²) in [5.41, 5.74) is 1.56. The van der Waals surface area contributed by atoms with Crippen LogP contribution in [0.5, 0.6) is 0 Å². The van der Waals surface area contributed by atoms with Crippen LogP contribution in [0, 0.1) is 0 Å². The van der Waals surface area contributed by atoms with Gasteiger partial charge in [0.05, 0.1) is 22.4 Å². The Hall–Kier alpha value is -3.83. The van der Waals surface area contributed by atoms with E-state index in [4.69, 9.17) is 5.73 Å². The molecule has 0 saturated heterocycles. The van der Waals surface area contributed by atoms with Crippen LogP contribution in [-0.2, 0) is 17.1 Å². The van der Waals surface area contributed by atoms with E-state index in [1.54, 1.807) is 0 Å².